The number of piperidine rings is 1. The van der Waals surface area contributed by atoms with Crippen LogP contribution in [0.25, 0.3) is 0 Å². The van der Waals surface area contributed by atoms with E-state index in [-0.39, 0.29) is 17.7 Å². The molecule has 1 aromatic heterocycles. The van der Waals surface area contributed by atoms with Crippen molar-refractivity contribution in [3.05, 3.63) is 22.4 Å². The Morgan fingerprint density at radius 1 is 1.41 bits per heavy atom. The van der Waals surface area contributed by atoms with Crippen molar-refractivity contribution in [1.82, 2.24) is 9.80 Å². The number of likely N-dealkylation sites (tertiary alicyclic amines) is 1. The molecule has 0 aromatic carbocycles. The Hall–Kier alpha value is -1.36. The molecule has 1 saturated heterocycles. The minimum atomic E-state index is -0.0329. The lowest BCUT2D eigenvalue weighted by molar-refractivity contribution is -0.136. The molecule has 22 heavy (non-hydrogen) atoms. The van der Waals surface area contributed by atoms with E-state index >= 15 is 0 Å². The van der Waals surface area contributed by atoms with Crippen LogP contribution in [0.1, 0.15) is 49.2 Å². The van der Waals surface area contributed by atoms with Crippen LogP contribution in [-0.2, 0) is 4.79 Å². The van der Waals surface area contributed by atoms with Gasteiger partial charge in [0, 0.05) is 26.2 Å². The Bertz CT molecular complexity index is 487. The molecule has 2 heterocycles. The number of hydrogen-bond donors (Lipinski definition) is 0. The van der Waals surface area contributed by atoms with Crippen molar-refractivity contribution in [3.8, 4) is 0 Å². The molecule has 2 amide bonds. The smallest absolute Gasteiger partial charge is 0.263 e. The van der Waals surface area contributed by atoms with Gasteiger partial charge >= 0.3 is 0 Å². The number of carbonyl (C=O) groups is 2. The van der Waals surface area contributed by atoms with Crippen LogP contribution in [0.5, 0.6) is 0 Å². The van der Waals surface area contributed by atoms with Gasteiger partial charge in [-0.15, -0.1) is 11.3 Å². The fourth-order valence-corrected chi connectivity index (χ4v) is 3.64. The second-order valence-corrected chi connectivity index (χ2v) is 6.79. The molecule has 1 unspecified atom stereocenters. The van der Waals surface area contributed by atoms with Crippen LogP contribution >= 0.6 is 11.3 Å². The maximum atomic E-state index is 12.7. The molecule has 5 heteroatoms. The minimum Gasteiger partial charge on any atom is -0.343 e. The maximum Gasteiger partial charge on any atom is 0.263 e. The lowest BCUT2D eigenvalue weighted by Gasteiger charge is -2.34. The first-order chi connectivity index (χ1) is 10.7. The molecule has 1 fully saturated rings. The first-order valence-electron chi connectivity index (χ1n) is 8.28. The molecule has 1 aliphatic heterocycles. The van der Waals surface area contributed by atoms with E-state index in [0.29, 0.717) is 6.54 Å². The highest BCUT2D eigenvalue weighted by Crippen LogP contribution is 2.22. The Morgan fingerprint density at radius 3 is 2.86 bits per heavy atom. The zero-order valence-electron chi connectivity index (χ0n) is 13.6. The number of hydrogen-bond acceptors (Lipinski definition) is 3. The third-order valence-corrected chi connectivity index (χ3v) is 5.12. The molecule has 4 nitrogen and oxygen atoms in total. The fourth-order valence-electron chi connectivity index (χ4n) is 2.95. The first kappa shape index (κ1) is 17.0. The van der Waals surface area contributed by atoms with Gasteiger partial charge < -0.3 is 9.80 Å². The zero-order chi connectivity index (χ0) is 15.9. The molecular weight excluding hydrogens is 296 g/mol. The van der Waals surface area contributed by atoms with Crippen LogP contribution in [0.2, 0.25) is 0 Å². The van der Waals surface area contributed by atoms with Gasteiger partial charge in [0.15, 0.2) is 0 Å². The van der Waals surface area contributed by atoms with Gasteiger partial charge in [-0.25, -0.2) is 0 Å². The summed E-state index contributed by atoms with van der Waals surface area (Å²) in [7, 11) is 0. The molecule has 0 saturated carbocycles. The van der Waals surface area contributed by atoms with Crippen molar-refractivity contribution < 1.29 is 9.59 Å². The highest BCUT2D eigenvalue weighted by molar-refractivity contribution is 7.12. The van der Waals surface area contributed by atoms with E-state index in [1.165, 1.54) is 11.3 Å². The summed E-state index contributed by atoms with van der Waals surface area (Å²) in [4.78, 5) is 29.7. The molecule has 0 N–H and O–H groups in total. The second kappa shape index (κ2) is 8.32. The number of thiophene rings is 1. The van der Waals surface area contributed by atoms with Gasteiger partial charge in [-0.1, -0.05) is 19.4 Å². The quantitative estimate of drug-likeness (QED) is 0.806. The SMILES string of the molecule is CCCCN(CC)C(=O)C1CCCN(C(=O)c2cccs2)C1. The fraction of sp³-hybridized carbons (Fsp3) is 0.647. The lowest BCUT2D eigenvalue weighted by Crippen LogP contribution is -2.46. The molecule has 0 spiro atoms. The number of rotatable bonds is 6. The van der Waals surface area contributed by atoms with E-state index in [0.717, 1.165) is 50.2 Å². The van der Waals surface area contributed by atoms with E-state index in [1.54, 1.807) is 0 Å². The summed E-state index contributed by atoms with van der Waals surface area (Å²) in [6.45, 7) is 7.10. The first-order valence-corrected chi connectivity index (χ1v) is 9.16. The third kappa shape index (κ3) is 4.09. The number of amides is 2. The van der Waals surface area contributed by atoms with E-state index in [2.05, 4.69) is 6.92 Å². The second-order valence-electron chi connectivity index (χ2n) is 5.84. The van der Waals surface area contributed by atoms with Crippen molar-refractivity contribution in [2.75, 3.05) is 26.2 Å². The molecule has 1 aromatic rings. The Kier molecular flexibility index (Phi) is 6.43. The van der Waals surface area contributed by atoms with Gasteiger partial charge in [-0.3, -0.25) is 9.59 Å². The predicted molar refractivity (Wildman–Crippen MR) is 90.1 cm³/mol. The van der Waals surface area contributed by atoms with E-state index in [4.69, 9.17) is 0 Å². The predicted octanol–water partition coefficient (Wildman–Crippen LogP) is 3.25. The monoisotopic (exact) mass is 322 g/mol. The molecule has 0 radical (unpaired) electrons. The van der Waals surface area contributed by atoms with Crippen molar-refractivity contribution in [2.24, 2.45) is 5.92 Å². The molecule has 0 bridgehead atoms. The van der Waals surface area contributed by atoms with Gasteiger partial charge in [0.05, 0.1) is 10.8 Å². The summed E-state index contributed by atoms with van der Waals surface area (Å²) in [5, 5.41) is 1.92. The number of carbonyl (C=O) groups excluding carboxylic acids is 2. The molecule has 0 aliphatic carbocycles. The number of nitrogens with zero attached hydrogens (tertiary/aromatic N) is 2. The molecular formula is C17H26N2O2S. The summed E-state index contributed by atoms with van der Waals surface area (Å²) in [6, 6.07) is 3.76. The maximum absolute atomic E-state index is 12.7. The molecule has 1 aliphatic rings. The van der Waals surface area contributed by atoms with Crippen LogP contribution < -0.4 is 0 Å². The summed E-state index contributed by atoms with van der Waals surface area (Å²) in [6.07, 6.45) is 3.95. The Labute approximate surface area is 137 Å². The van der Waals surface area contributed by atoms with Crippen molar-refractivity contribution in [1.29, 1.82) is 0 Å². The van der Waals surface area contributed by atoms with Crippen LogP contribution in [0.4, 0.5) is 0 Å². The summed E-state index contributed by atoms with van der Waals surface area (Å²) < 4.78 is 0. The lowest BCUT2D eigenvalue weighted by atomic mass is 9.96. The third-order valence-electron chi connectivity index (χ3n) is 4.26. The summed E-state index contributed by atoms with van der Waals surface area (Å²) in [5.41, 5.74) is 0. The van der Waals surface area contributed by atoms with Crippen LogP contribution in [-0.4, -0.2) is 47.8 Å². The van der Waals surface area contributed by atoms with Gasteiger partial charge in [0.2, 0.25) is 5.91 Å². The standard InChI is InChI=1S/C17H26N2O2S/c1-3-5-10-18(4-2)16(20)14-8-6-11-19(13-14)17(21)15-9-7-12-22-15/h7,9,12,14H,3-6,8,10-11,13H2,1-2H3. The zero-order valence-corrected chi connectivity index (χ0v) is 14.4. The van der Waals surface area contributed by atoms with E-state index in [1.807, 2.05) is 34.2 Å². The Balaban J connectivity index is 1.97. The summed E-state index contributed by atoms with van der Waals surface area (Å²) >= 11 is 1.47. The average Bonchev–Trinajstić information content (AvgIpc) is 3.09. The van der Waals surface area contributed by atoms with Crippen LogP contribution in [0.3, 0.4) is 0 Å². The highest BCUT2D eigenvalue weighted by Gasteiger charge is 2.31. The normalized spacial score (nSPS) is 18.3. The van der Waals surface area contributed by atoms with Crippen LogP contribution in [0, 0.1) is 5.92 Å². The molecule has 1 atom stereocenters. The van der Waals surface area contributed by atoms with E-state index < -0.39 is 0 Å². The van der Waals surface area contributed by atoms with Gasteiger partial charge in [0.25, 0.3) is 5.91 Å². The van der Waals surface area contributed by atoms with Crippen molar-refractivity contribution in [2.45, 2.75) is 39.5 Å². The average molecular weight is 322 g/mol. The minimum absolute atomic E-state index is 0.0329. The van der Waals surface area contributed by atoms with Gasteiger partial charge in [-0.05, 0) is 37.6 Å². The largest absolute Gasteiger partial charge is 0.343 e. The van der Waals surface area contributed by atoms with Gasteiger partial charge in [-0.2, -0.15) is 0 Å². The van der Waals surface area contributed by atoms with Gasteiger partial charge in [0.1, 0.15) is 0 Å². The number of unbranched alkanes of at least 4 members (excludes halogenated alkanes) is 1. The molecule has 2 rings (SSSR count). The van der Waals surface area contributed by atoms with E-state index in [9.17, 15) is 9.59 Å². The Morgan fingerprint density at radius 2 is 2.23 bits per heavy atom. The molecule has 122 valence electrons. The van der Waals surface area contributed by atoms with Crippen molar-refractivity contribution >= 4 is 23.2 Å². The topological polar surface area (TPSA) is 40.6 Å². The van der Waals surface area contributed by atoms with Crippen LogP contribution in [0.15, 0.2) is 17.5 Å². The highest BCUT2D eigenvalue weighted by atomic mass is 32.1. The van der Waals surface area contributed by atoms with Crippen molar-refractivity contribution in [3.63, 3.8) is 0 Å². The summed E-state index contributed by atoms with van der Waals surface area (Å²) in [5.74, 6) is 0.262.